The van der Waals surface area contributed by atoms with Gasteiger partial charge in [-0.2, -0.15) is 0 Å². The normalized spacial score (nSPS) is 10.2. The molecule has 0 aliphatic rings. The topological polar surface area (TPSA) is 53.0 Å². The van der Waals surface area contributed by atoms with Crippen LogP contribution in [0.25, 0.3) is 0 Å². The van der Waals surface area contributed by atoms with Crippen LogP contribution in [-0.4, -0.2) is 5.16 Å². The van der Waals surface area contributed by atoms with Crippen LogP contribution in [0.5, 0.6) is 0 Å². The number of aromatic nitrogens is 2. The maximum Gasteiger partial charge on any atom is 0.218 e. The molecule has 56 valence electrons. The average molecular weight is 142 g/mol. The van der Waals surface area contributed by atoms with E-state index in [1.54, 1.807) is 6.92 Å². The lowest BCUT2D eigenvalue weighted by atomic mass is 10.2. The van der Waals surface area contributed by atoms with Crippen molar-refractivity contribution in [2.45, 2.75) is 26.7 Å². The maximum atomic E-state index is 10.7. The monoisotopic (exact) mass is 142 g/mol. The quantitative estimate of drug-likeness (QED) is 0.567. The molecule has 0 saturated heterocycles. The molecular formula is C6H10N2O2. The summed E-state index contributed by atoms with van der Waals surface area (Å²) in [4.78, 5) is 0.471. The first-order chi connectivity index (χ1) is 4.75. The van der Waals surface area contributed by atoms with Crippen LogP contribution >= 0.6 is 0 Å². The van der Waals surface area contributed by atoms with E-state index in [4.69, 9.17) is 0 Å². The Bertz CT molecular complexity index is 200. The third-order valence-corrected chi connectivity index (χ3v) is 1.38. The summed E-state index contributed by atoms with van der Waals surface area (Å²) in [5.74, 6) is 0. The smallest absolute Gasteiger partial charge is 0.218 e. The lowest BCUT2D eigenvalue weighted by molar-refractivity contribution is -0.807. The second kappa shape index (κ2) is 2.68. The fourth-order valence-corrected chi connectivity index (χ4v) is 0.841. The van der Waals surface area contributed by atoms with E-state index in [2.05, 4.69) is 9.79 Å². The van der Waals surface area contributed by atoms with Crippen LogP contribution in [0.2, 0.25) is 0 Å². The fourth-order valence-electron chi connectivity index (χ4n) is 0.841. The van der Waals surface area contributed by atoms with Crippen LogP contribution in [-0.2, 0) is 6.42 Å². The first kappa shape index (κ1) is 7.05. The molecule has 0 N–H and O–H groups in total. The third kappa shape index (κ3) is 1.10. The van der Waals surface area contributed by atoms with E-state index in [9.17, 15) is 5.21 Å². The van der Waals surface area contributed by atoms with E-state index in [1.807, 2.05) is 6.92 Å². The van der Waals surface area contributed by atoms with Crippen molar-refractivity contribution in [3.8, 4) is 0 Å². The van der Waals surface area contributed by atoms with Gasteiger partial charge >= 0.3 is 0 Å². The van der Waals surface area contributed by atoms with Crippen molar-refractivity contribution < 1.29 is 9.53 Å². The van der Waals surface area contributed by atoms with E-state index < -0.39 is 0 Å². The molecule has 0 atom stereocenters. The van der Waals surface area contributed by atoms with Crippen molar-refractivity contribution in [1.82, 2.24) is 5.16 Å². The second-order valence-electron chi connectivity index (χ2n) is 2.21. The van der Waals surface area contributed by atoms with Crippen molar-refractivity contribution in [1.29, 1.82) is 0 Å². The standard InChI is InChI=1S/C6H10N2O2/c1-3-4-6-5(2)7-10-8(6)9/h3-4H2,1-2H3. The Balaban J connectivity index is 2.87. The van der Waals surface area contributed by atoms with Gasteiger partial charge in [-0.25, -0.2) is 0 Å². The zero-order valence-corrected chi connectivity index (χ0v) is 6.13. The molecule has 1 rings (SSSR count). The summed E-state index contributed by atoms with van der Waals surface area (Å²) < 4.78 is 4.36. The van der Waals surface area contributed by atoms with Gasteiger partial charge in [-0.05, 0) is 11.3 Å². The van der Waals surface area contributed by atoms with Crippen molar-refractivity contribution in [3.05, 3.63) is 16.6 Å². The average Bonchev–Trinajstić information content (AvgIpc) is 2.20. The Morgan fingerprint density at radius 1 is 1.70 bits per heavy atom. The SMILES string of the molecule is CCCc1c(C)no[n+]1[O-]. The zero-order chi connectivity index (χ0) is 7.56. The molecule has 0 aliphatic heterocycles. The van der Waals surface area contributed by atoms with E-state index in [-0.39, 0.29) is 0 Å². The molecule has 0 saturated carbocycles. The van der Waals surface area contributed by atoms with Crippen molar-refractivity contribution in [2.75, 3.05) is 0 Å². The highest BCUT2D eigenvalue weighted by atomic mass is 16.8. The second-order valence-corrected chi connectivity index (χ2v) is 2.21. The van der Waals surface area contributed by atoms with E-state index >= 15 is 0 Å². The van der Waals surface area contributed by atoms with Crippen LogP contribution in [0.1, 0.15) is 24.7 Å². The van der Waals surface area contributed by atoms with Gasteiger partial charge in [0.25, 0.3) is 0 Å². The van der Waals surface area contributed by atoms with E-state index in [0.717, 1.165) is 12.8 Å². The van der Waals surface area contributed by atoms with Gasteiger partial charge in [0.1, 0.15) is 0 Å². The molecule has 1 aromatic heterocycles. The van der Waals surface area contributed by atoms with Gasteiger partial charge in [0.05, 0.1) is 0 Å². The summed E-state index contributed by atoms with van der Waals surface area (Å²) in [6.07, 6.45) is 1.67. The van der Waals surface area contributed by atoms with Crippen molar-refractivity contribution >= 4 is 0 Å². The van der Waals surface area contributed by atoms with Gasteiger partial charge in [-0.1, -0.05) is 6.92 Å². The predicted molar refractivity (Wildman–Crippen MR) is 34.2 cm³/mol. The summed E-state index contributed by atoms with van der Waals surface area (Å²) in [6.45, 7) is 3.77. The Labute approximate surface area is 59.0 Å². The summed E-state index contributed by atoms with van der Waals surface area (Å²) >= 11 is 0. The lowest BCUT2D eigenvalue weighted by Crippen LogP contribution is -2.28. The summed E-state index contributed by atoms with van der Waals surface area (Å²) in [7, 11) is 0. The number of hydrogen-bond acceptors (Lipinski definition) is 3. The lowest BCUT2D eigenvalue weighted by Gasteiger charge is -1.90. The summed E-state index contributed by atoms with van der Waals surface area (Å²) in [6, 6.07) is 0. The van der Waals surface area contributed by atoms with Crippen LogP contribution < -0.4 is 4.90 Å². The first-order valence-electron chi connectivity index (χ1n) is 3.31. The van der Waals surface area contributed by atoms with Crippen LogP contribution in [0, 0.1) is 12.1 Å². The Kier molecular flexibility index (Phi) is 1.89. The van der Waals surface area contributed by atoms with Gasteiger partial charge < -0.3 is 5.21 Å². The fraction of sp³-hybridized carbons (Fsp3) is 0.667. The van der Waals surface area contributed by atoms with Crippen LogP contribution in [0.4, 0.5) is 0 Å². The molecule has 1 aromatic rings. The third-order valence-electron chi connectivity index (χ3n) is 1.38. The molecular weight excluding hydrogens is 132 g/mol. The molecule has 1 heterocycles. The predicted octanol–water partition coefficient (Wildman–Crippen LogP) is 0.569. The number of hydrogen-bond donors (Lipinski definition) is 0. The van der Waals surface area contributed by atoms with E-state index in [1.165, 1.54) is 0 Å². The molecule has 4 heteroatoms. The maximum absolute atomic E-state index is 10.7. The largest absolute Gasteiger partial charge is 0.359 e. The highest BCUT2D eigenvalue weighted by Gasteiger charge is 2.11. The minimum Gasteiger partial charge on any atom is -0.359 e. The number of nitrogens with zero attached hydrogens (tertiary/aromatic N) is 2. The molecule has 0 aliphatic carbocycles. The molecule has 0 amide bonds. The number of rotatable bonds is 2. The number of aryl methyl sites for hydroxylation is 1. The highest BCUT2D eigenvalue weighted by Crippen LogP contribution is 2.00. The first-order valence-corrected chi connectivity index (χ1v) is 3.31. The van der Waals surface area contributed by atoms with Crippen molar-refractivity contribution in [3.63, 3.8) is 0 Å². The van der Waals surface area contributed by atoms with Crippen molar-refractivity contribution in [2.24, 2.45) is 0 Å². The van der Waals surface area contributed by atoms with Gasteiger partial charge in [0.15, 0.2) is 5.69 Å². The summed E-state index contributed by atoms with van der Waals surface area (Å²) in [5.41, 5.74) is 1.33. The van der Waals surface area contributed by atoms with E-state index in [0.29, 0.717) is 16.3 Å². The molecule has 0 unspecified atom stereocenters. The zero-order valence-electron chi connectivity index (χ0n) is 6.13. The Hall–Kier alpha value is -1.06. The molecule has 0 spiro atoms. The molecule has 10 heavy (non-hydrogen) atoms. The Morgan fingerprint density at radius 2 is 2.40 bits per heavy atom. The molecule has 0 aromatic carbocycles. The van der Waals surface area contributed by atoms with Gasteiger partial charge in [0, 0.05) is 18.5 Å². The molecule has 0 fully saturated rings. The van der Waals surface area contributed by atoms with Gasteiger partial charge in [0.2, 0.25) is 5.69 Å². The minimum absolute atomic E-state index is 0.471. The van der Waals surface area contributed by atoms with Crippen LogP contribution in [0.15, 0.2) is 4.63 Å². The minimum atomic E-state index is 0.471. The molecule has 0 bridgehead atoms. The van der Waals surface area contributed by atoms with Gasteiger partial charge in [-0.15, -0.1) is 0 Å². The molecule has 0 radical (unpaired) electrons. The van der Waals surface area contributed by atoms with Crippen LogP contribution in [0.3, 0.4) is 0 Å². The molecule has 4 nitrogen and oxygen atoms in total. The van der Waals surface area contributed by atoms with Gasteiger partial charge in [-0.3, -0.25) is 4.63 Å². The highest BCUT2D eigenvalue weighted by molar-refractivity contribution is 4.99. The Morgan fingerprint density at radius 3 is 2.80 bits per heavy atom. The summed E-state index contributed by atoms with van der Waals surface area (Å²) in [5, 5.41) is 14.2.